The van der Waals surface area contributed by atoms with Gasteiger partial charge in [-0.15, -0.1) is 0 Å². The van der Waals surface area contributed by atoms with Gasteiger partial charge in [0.2, 0.25) is 5.91 Å². The molecule has 0 aromatic heterocycles. The lowest BCUT2D eigenvalue weighted by Crippen LogP contribution is -2.48. The zero-order chi connectivity index (χ0) is 19.1. The number of carbonyl (C=O) groups is 2. The van der Waals surface area contributed by atoms with E-state index in [2.05, 4.69) is 22.8 Å². The minimum Gasteiger partial charge on any atom is -0.496 e. The van der Waals surface area contributed by atoms with Gasteiger partial charge in [-0.1, -0.05) is 26.0 Å². The molecule has 0 radical (unpaired) electrons. The van der Waals surface area contributed by atoms with Crippen molar-refractivity contribution in [1.82, 2.24) is 15.5 Å². The molecule has 1 rings (SSSR count). The van der Waals surface area contributed by atoms with Crippen LogP contribution >= 0.6 is 0 Å². The molecule has 0 spiro atoms. The van der Waals surface area contributed by atoms with Crippen molar-refractivity contribution in [2.45, 2.75) is 47.2 Å². The number of ether oxygens (including phenoxy) is 1. The summed E-state index contributed by atoms with van der Waals surface area (Å²) in [5, 5.41) is 5.07. The number of hydrogen-bond acceptors (Lipinski definition) is 4. The fourth-order valence-corrected chi connectivity index (χ4v) is 2.64. The Morgan fingerprint density at radius 1 is 1.16 bits per heavy atom. The monoisotopic (exact) mass is 349 g/mol. The van der Waals surface area contributed by atoms with Crippen molar-refractivity contribution in [3.05, 3.63) is 28.8 Å². The van der Waals surface area contributed by atoms with Crippen molar-refractivity contribution in [2.75, 3.05) is 20.7 Å². The second-order valence-electron chi connectivity index (χ2n) is 6.95. The first kappa shape index (κ1) is 21.0. The third-order valence-electron chi connectivity index (χ3n) is 4.10. The van der Waals surface area contributed by atoms with Crippen molar-refractivity contribution >= 4 is 11.9 Å². The summed E-state index contributed by atoms with van der Waals surface area (Å²) in [5.41, 5.74) is 3.23. The second-order valence-corrected chi connectivity index (χ2v) is 6.95. The summed E-state index contributed by atoms with van der Waals surface area (Å²) in [6, 6.07) is 3.24. The van der Waals surface area contributed by atoms with Crippen molar-refractivity contribution in [3.8, 4) is 5.75 Å². The lowest BCUT2D eigenvalue weighted by atomic mass is 10.0. The Bertz CT molecular complexity index is 591. The molecule has 25 heavy (non-hydrogen) atoms. The molecule has 0 aliphatic heterocycles. The van der Waals surface area contributed by atoms with E-state index in [4.69, 9.17) is 4.74 Å². The summed E-state index contributed by atoms with van der Waals surface area (Å²) in [6.07, 6.45) is 0. The molecule has 0 heterocycles. The number of imide groups is 1. The number of nitrogens with zero attached hydrogens (tertiary/aromatic N) is 1. The van der Waals surface area contributed by atoms with Gasteiger partial charge in [0, 0.05) is 13.1 Å². The van der Waals surface area contributed by atoms with Crippen LogP contribution in [0, 0.1) is 19.8 Å². The normalized spacial score (nSPS) is 12.2. The van der Waals surface area contributed by atoms with Crippen molar-refractivity contribution in [2.24, 2.45) is 5.92 Å². The fraction of sp³-hybridized carbons (Fsp3) is 0.579. The van der Waals surface area contributed by atoms with Gasteiger partial charge < -0.3 is 10.1 Å². The predicted octanol–water partition coefficient (Wildman–Crippen LogP) is 2.61. The van der Waals surface area contributed by atoms with Crippen molar-refractivity contribution in [1.29, 1.82) is 0 Å². The van der Waals surface area contributed by atoms with E-state index in [-0.39, 0.29) is 5.91 Å². The zero-order valence-corrected chi connectivity index (χ0v) is 16.4. The molecule has 0 fully saturated rings. The Labute approximate surface area is 150 Å². The van der Waals surface area contributed by atoms with Crippen LogP contribution in [0.1, 0.15) is 37.5 Å². The highest BCUT2D eigenvalue weighted by atomic mass is 16.5. The molecule has 6 heteroatoms. The number of aryl methyl sites for hydroxylation is 2. The highest BCUT2D eigenvalue weighted by Gasteiger charge is 2.20. The SMILES string of the molecule is COc1c(C)cc(CN(C)C(C)C(=O)NC(=O)NCC(C)C)cc1C. The average molecular weight is 349 g/mol. The van der Waals surface area contributed by atoms with E-state index in [9.17, 15) is 9.59 Å². The highest BCUT2D eigenvalue weighted by molar-refractivity contribution is 5.96. The Kier molecular flexibility index (Phi) is 7.90. The molecule has 6 nitrogen and oxygen atoms in total. The molecule has 1 aromatic rings. The fourth-order valence-electron chi connectivity index (χ4n) is 2.64. The molecule has 0 aliphatic rings. The summed E-state index contributed by atoms with van der Waals surface area (Å²) >= 11 is 0. The van der Waals surface area contributed by atoms with E-state index in [1.807, 2.05) is 39.6 Å². The van der Waals surface area contributed by atoms with Crippen LogP contribution in [-0.2, 0) is 11.3 Å². The van der Waals surface area contributed by atoms with Gasteiger partial charge in [0.1, 0.15) is 5.75 Å². The molecule has 1 atom stereocenters. The number of methoxy groups -OCH3 is 1. The number of amides is 3. The van der Waals surface area contributed by atoms with Crippen LogP contribution in [0.2, 0.25) is 0 Å². The highest BCUT2D eigenvalue weighted by Crippen LogP contribution is 2.25. The van der Waals surface area contributed by atoms with Crippen LogP contribution in [0.3, 0.4) is 0 Å². The summed E-state index contributed by atoms with van der Waals surface area (Å²) in [4.78, 5) is 25.9. The minimum atomic E-state index is -0.449. The number of benzene rings is 1. The molecule has 0 saturated carbocycles. The van der Waals surface area contributed by atoms with E-state index in [0.29, 0.717) is 19.0 Å². The average Bonchev–Trinajstić information content (AvgIpc) is 2.51. The molecule has 2 N–H and O–H groups in total. The van der Waals surface area contributed by atoms with Gasteiger partial charge in [0.05, 0.1) is 13.2 Å². The van der Waals surface area contributed by atoms with Gasteiger partial charge in [0.25, 0.3) is 0 Å². The summed E-state index contributed by atoms with van der Waals surface area (Å²) in [5.74, 6) is 0.909. The largest absolute Gasteiger partial charge is 0.496 e. The van der Waals surface area contributed by atoms with Crippen molar-refractivity contribution in [3.63, 3.8) is 0 Å². The first-order valence-corrected chi connectivity index (χ1v) is 8.58. The van der Waals surface area contributed by atoms with Crippen LogP contribution in [-0.4, -0.2) is 43.6 Å². The third-order valence-corrected chi connectivity index (χ3v) is 4.10. The first-order chi connectivity index (χ1) is 11.6. The quantitative estimate of drug-likeness (QED) is 0.794. The van der Waals surface area contributed by atoms with Crippen LogP contribution in [0.25, 0.3) is 0 Å². The maximum absolute atomic E-state index is 12.2. The Hall–Kier alpha value is -2.08. The first-order valence-electron chi connectivity index (χ1n) is 8.58. The third kappa shape index (κ3) is 6.38. The number of nitrogens with one attached hydrogen (secondary N) is 2. The summed E-state index contributed by atoms with van der Waals surface area (Å²) in [6.45, 7) is 10.9. The van der Waals surface area contributed by atoms with E-state index >= 15 is 0 Å². The number of likely N-dealkylation sites (N-methyl/N-ethyl adjacent to an activating group) is 1. The summed E-state index contributed by atoms with van der Waals surface area (Å²) in [7, 11) is 3.53. The smallest absolute Gasteiger partial charge is 0.321 e. The number of urea groups is 1. The lowest BCUT2D eigenvalue weighted by molar-refractivity contribution is -0.124. The molecular weight excluding hydrogens is 318 g/mol. The van der Waals surface area contributed by atoms with E-state index in [1.165, 1.54) is 0 Å². The second kappa shape index (κ2) is 9.42. The van der Waals surface area contributed by atoms with E-state index in [1.54, 1.807) is 14.0 Å². The van der Waals surface area contributed by atoms with Crippen LogP contribution in [0.15, 0.2) is 12.1 Å². The van der Waals surface area contributed by atoms with Gasteiger partial charge in [-0.3, -0.25) is 15.0 Å². The Balaban J connectivity index is 2.65. The molecular formula is C19H31N3O3. The Morgan fingerprint density at radius 2 is 1.72 bits per heavy atom. The van der Waals surface area contributed by atoms with Crippen LogP contribution in [0.4, 0.5) is 4.79 Å². The van der Waals surface area contributed by atoms with Crippen LogP contribution < -0.4 is 15.4 Å². The molecule has 3 amide bonds. The zero-order valence-electron chi connectivity index (χ0n) is 16.4. The molecule has 140 valence electrons. The van der Waals surface area contributed by atoms with Crippen molar-refractivity contribution < 1.29 is 14.3 Å². The Morgan fingerprint density at radius 3 is 2.20 bits per heavy atom. The summed E-state index contributed by atoms with van der Waals surface area (Å²) < 4.78 is 5.38. The molecule has 1 aromatic carbocycles. The molecule has 0 aliphatic carbocycles. The van der Waals surface area contributed by atoms with Gasteiger partial charge in [-0.05, 0) is 50.4 Å². The molecule has 0 bridgehead atoms. The molecule has 1 unspecified atom stereocenters. The minimum absolute atomic E-state index is 0.314. The molecule has 0 saturated heterocycles. The van der Waals surface area contributed by atoms with E-state index in [0.717, 1.165) is 22.4 Å². The lowest BCUT2D eigenvalue weighted by Gasteiger charge is -2.24. The maximum Gasteiger partial charge on any atom is 0.321 e. The number of rotatable bonds is 7. The van der Waals surface area contributed by atoms with Gasteiger partial charge in [0.15, 0.2) is 0 Å². The van der Waals surface area contributed by atoms with Crippen LogP contribution in [0.5, 0.6) is 5.75 Å². The number of carbonyl (C=O) groups excluding carboxylic acids is 2. The maximum atomic E-state index is 12.2. The van der Waals surface area contributed by atoms with E-state index < -0.39 is 12.1 Å². The standard InChI is InChI=1S/C19H31N3O3/c1-12(2)10-20-19(24)21-18(23)15(5)22(6)11-16-8-13(3)17(25-7)14(4)9-16/h8-9,12,15H,10-11H2,1-7H3,(H2,20,21,23,24). The van der Waals surface area contributed by atoms with Gasteiger partial charge >= 0.3 is 6.03 Å². The van der Waals surface area contributed by atoms with Gasteiger partial charge in [-0.2, -0.15) is 0 Å². The topological polar surface area (TPSA) is 70.7 Å². The van der Waals surface area contributed by atoms with Gasteiger partial charge in [-0.25, -0.2) is 4.79 Å². The number of hydrogen-bond donors (Lipinski definition) is 2. The predicted molar refractivity (Wildman–Crippen MR) is 99.8 cm³/mol.